The average Bonchev–Trinajstić information content (AvgIpc) is 2.64. The third-order valence-electron chi connectivity index (χ3n) is 4.42. The molecule has 0 aromatic heterocycles. The van der Waals surface area contributed by atoms with E-state index in [1.54, 1.807) is 4.90 Å². The van der Waals surface area contributed by atoms with Gasteiger partial charge in [-0.2, -0.15) is 0 Å². The maximum absolute atomic E-state index is 11.7. The summed E-state index contributed by atoms with van der Waals surface area (Å²) in [4.78, 5) is 28.7. The van der Waals surface area contributed by atoms with Crippen LogP contribution in [0.3, 0.4) is 0 Å². The van der Waals surface area contributed by atoms with Gasteiger partial charge in [-0.05, 0) is 32.6 Å². The van der Waals surface area contributed by atoms with Crippen molar-refractivity contribution in [1.29, 1.82) is 0 Å². The van der Waals surface area contributed by atoms with Crippen LogP contribution < -0.4 is 11.1 Å². The highest BCUT2D eigenvalue weighted by molar-refractivity contribution is 5.78. The van der Waals surface area contributed by atoms with Gasteiger partial charge in [0.25, 0.3) is 0 Å². The van der Waals surface area contributed by atoms with Crippen LogP contribution in [0.25, 0.3) is 0 Å². The molecule has 0 radical (unpaired) electrons. The van der Waals surface area contributed by atoms with Crippen LogP contribution in [0.4, 0.5) is 4.79 Å². The molecule has 26 heavy (non-hydrogen) atoms. The summed E-state index contributed by atoms with van der Waals surface area (Å²) < 4.78 is 9.62. The van der Waals surface area contributed by atoms with Gasteiger partial charge in [-0.1, -0.05) is 19.3 Å². The molecule has 0 aromatic rings. The highest BCUT2D eigenvalue weighted by Crippen LogP contribution is 2.11. The van der Waals surface area contributed by atoms with Crippen LogP contribution in [0.1, 0.15) is 58.3 Å². The highest BCUT2D eigenvalue weighted by Gasteiger charge is 2.23. The van der Waals surface area contributed by atoms with E-state index in [1.165, 1.54) is 7.11 Å². The number of esters is 1. The monoisotopic (exact) mass is 370 g/mol. The van der Waals surface area contributed by atoms with E-state index in [4.69, 9.17) is 10.5 Å². The SMILES string of the molecule is CCOC(=O)N1CCC(NC(N)=NCCCCCCCC(=O)OC)CC1. The van der Waals surface area contributed by atoms with Gasteiger partial charge in [0.15, 0.2) is 5.96 Å². The van der Waals surface area contributed by atoms with Gasteiger partial charge in [0.1, 0.15) is 0 Å². The van der Waals surface area contributed by atoms with Gasteiger partial charge in [0.05, 0.1) is 13.7 Å². The summed E-state index contributed by atoms with van der Waals surface area (Å²) in [5.74, 6) is 0.340. The second kappa shape index (κ2) is 13.2. The number of carbonyl (C=O) groups excluding carboxylic acids is 2. The van der Waals surface area contributed by atoms with E-state index in [9.17, 15) is 9.59 Å². The van der Waals surface area contributed by atoms with Crippen LogP contribution >= 0.6 is 0 Å². The van der Waals surface area contributed by atoms with Gasteiger partial charge in [-0.3, -0.25) is 9.79 Å². The summed E-state index contributed by atoms with van der Waals surface area (Å²) in [5, 5.41) is 3.24. The number of nitrogens with two attached hydrogens (primary N) is 1. The van der Waals surface area contributed by atoms with Crippen molar-refractivity contribution in [2.24, 2.45) is 10.7 Å². The smallest absolute Gasteiger partial charge is 0.409 e. The van der Waals surface area contributed by atoms with Crippen LogP contribution in [-0.4, -0.2) is 62.3 Å². The second-order valence-corrected chi connectivity index (χ2v) is 6.47. The molecule has 1 aliphatic rings. The van der Waals surface area contributed by atoms with Gasteiger partial charge in [-0.25, -0.2) is 4.79 Å². The number of nitrogens with one attached hydrogen (secondary N) is 1. The Labute approximate surface area is 156 Å². The minimum atomic E-state index is -0.237. The Hall–Kier alpha value is -1.99. The summed E-state index contributed by atoms with van der Waals surface area (Å²) in [6, 6.07) is 0.253. The third-order valence-corrected chi connectivity index (χ3v) is 4.42. The van der Waals surface area contributed by atoms with E-state index in [1.807, 2.05) is 6.92 Å². The lowest BCUT2D eigenvalue weighted by Crippen LogP contribution is -2.48. The Morgan fingerprint density at radius 1 is 1.15 bits per heavy atom. The molecule has 1 rings (SSSR count). The number of piperidine rings is 1. The molecule has 0 bridgehead atoms. The van der Waals surface area contributed by atoms with Crippen molar-refractivity contribution in [2.45, 2.75) is 64.3 Å². The van der Waals surface area contributed by atoms with E-state index in [0.29, 0.717) is 38.6 Å². The number of nitrogens with zero attached hydrogens (tertiary/aromatic N) is 2. The standard InChI is InChI=1S/C18H34N4O4/c1-3-26-18(24)22-13-10-15(11-14-22)21-17(19)20-12-8-6-4-5-7-9-16(23)25-2/h15H,3-14H2,1-2H3,(H3,19,20,21). The second-order valence-electron chi connectivity index (χ2n) is 6.47. The van der Waals surface area contributed by atoms with Crippen molar-refractivity contribution in [2.75, 3.05) is 33.4 Å². The molecule has 8 heteroatoms. The van der Waals surface area contributed by atoms with Gasteiger partial charge in [0.2, 0.25) is 0 Å². The number of ether oxygens (including phenoxy) is 2. The number of aliphatic imine (C=N–C) groups is 1. The topological polar surface area (TPSA) is 106 Å². The average molecular weight is 370 g/mol. The molecule has 8 nitrogen and oxygen atoms in total. The minimum absolute atomic E-state index is 0.137. The van der Waals surface area contributed by atoms with E-state index in [-0.39, 0.29) is 18.1 Å². The molecule has 0 saturated carbocycles. The van der Waals surface area contributed by atoms with Gasteiger partial charge < -0.3 is 25.4 Å². The summed E-state index contributed by atoms with van der Waals surface area (Å²) in [7, 11) is 1.42. The molecule has 0 aliphatic carbocycles. The number of likely N-dealkylation sites (tertiary alicyclic amines) is 1. The quantitative estimate of drug-likeness (QED) is 0.264. The van der Waals surface area contributed by atoms with Crippen LogP contribution in [0.15, 0.2) is 4.99 Å². The number of unbranched alkanes of at least 4 members (excludes halogenated alkanes) is 4. The van der Waals surface area contributed by atoms with Crippen LogP contribution in [0.2, 0.25) is 0 Å². The van der Waals surface area contributed by atoms with E-state index in [0.717, 1.165) is 44.9 Å². The summed E-state index contributed by atoms with van der Waals surface area (Å²) in [6.07, 6.45) is 7.02. The van der Waals surface area contributed by atoms with E-state index < -0.39 is 0 Å². The molecular formula is C18H34N4O4. The van der Waals surface area contributed by atoms with Crippen molar-refractivity contribution in [3.05, 3.63) is 0 Å². The summed E-state index contributed by atoms with van der Waals surface area (Å²) in [6.45, 7) is 4.27. The van der Waals surface area contributed by atoms with Gasteiger partial charge in [-0.15, -0.1) is 0 Å². The zero-order chi connectivity index (χ0) is 19.2. The van der Waals surface area contributed by atoms with E-state index in [2.05, 4.69) is 15.0 Å². The fraction of sp³-hybridized carbons (Fsp3) is 0.833. The molecule has 1 saturated heterocycles. The summed E-state index contributed by atoms with van der Waals surface area (Å²) in [5.41, 5.74) is 5.94. The largest absolute Gasteiger partial charge is 0.469 e. The first-order valence-electron chi connectivity index (χ1n) is 9.61. The number of methoxy groups -OCH3 is 1. The lowest BCUT2D eigenvalue weighted by atomic mass is 10.1. The number of guanidine groups is 1. The first kappa shape index (κ1) is 22.1. The predicted molar refractivity (Wildman–Crippen MR) is 101 cm³/mol. The molecule has 1 aliphatic heterocycles. The Kier molecular flexibility index (Phi) is 11.2. The van der Waals surface area contributed by atoms with Crippen molar-refractivity contribution in [3.63, 3.8) is 0 Å². The Balaban J connectivity index is 2.06. The fourth-order valence-electron chi connectivity index (χ4n) is 2.89. The molecule has 0 unspecified atom stereocenters. The first-order chi connectivity index (χ1) is 12.6. The number of rotatable bonds is 10. The van der Waals surface area contributed by atoms with Crippen molar-refractivity contribution >= 4 is 18.0 Å². The van der Waals surface area contributed by atoms with Crippen molar-refractivity contribution in [1.82, 2.24) is 10.2 Å². The van der Waals surface area contributed by atoms with Crippen molar-refractivity contribution < 1.29 is 19.1 Å². The summed E-state index contributed by atoms with van der Waals surface area (Å²) >= 11 is 0. The molecule has 1 fully saturated rings. The molecular weight excluding hydrogens is 336 g/mol. The molecule has 3 N–H and O–H groups in total. The number of hydrogen-bond acceptors (Lipinski definition) is 5. The van der Waals surface area contributed by atoms with Crippen LogP contribution in [0, 0.1) is 0 Å². The molecule has 0 atom stereocenters. The van der Waals surface area contributed by atoms with Gasteiger partial charge >= 0.3 is 12.1 Å². The lowest BCUT2D eigenvalue weighted by Gasteiger charge is -2.31. The number of carbonyl (C=O) groups is 2. The maximum atomic E-state index is 11.7. The van der Waals surface area contributed by atoms with E-state index >= 15 is 0 Å². The van der Waals surface area contributed by atoms with Crippen molar-refractivity contribution in [3.8, 4) is 0 Å². The Morgan fingerprint density at radius 3 is 2.46 bits per heavy atom. The zero-order valence-electron chi connectivity index (χ0n) is 16.2. The predicted octanol–water partition coefficient (Wildman–Crippen LogP) is 2.03. The Bertz CT molecular complexity index is 448. The highest BCUT2D eigenvalue weighted by atomic mass is 16.6. The first-order valence-corrected chi connectivity index (χ1v) is 9.61. The lowest BCUT2D eigenvalue weighted by molar-refractivity contribution is -0.140. The minimum Gasteiger partial charge on any atom is -0.469 e. The normalized spacial score (nSPS) is 15.6. The van der Waals surface area contributed by atoms with Crippen LogP contribution in [-0.2, 0) is 14.3 Å². The Morgan fingerprint density at radius 2 is 1.81 bits per heavy atom. The third kappa shape index (κ3) is 9.48. The molecule has 1 heterocycles. The van der Waals surface area contributed by atoms with Crippen LogP contribution in [0.5, 0.6) is 0 Å². The van der Waals surface area contributed by atoms with Gasteiger partial charge in [0, 0.05) is 32.1 Å². The zero-order valence-corrected chi connectivity index (χ0v) is 16.2. The molecule has 0 aromatic carbocycles. The fourth-order valence-corrected chi connectivity index (χ4v) is 2.89. The molecule has 150 valence electrons. The number of hydrogen-bond donors (Lipinski definition) is 2. The molecule has 0 spiro atoms. The molecule has 1 amide bonds. The number of amides is 1. The maximum Gasteiger partial charge on any atom is 0.409 e.